The number of hydrogen-bond acceptors (Lipinski definition) is 5. The number of fused-ring (bicyclic) bond motifs is 1. The van der Waals surface area contributed by atoms with Crippen LogP contribution in [0.1, 0.15) is 84.4 Å². The van der Waals surface area contributed by atoms with Gasteiger partial charge in [0.1, 0.15) is 5.56 Å². The number of carbonyl (C=O) groups excluding carboxylic acids is 2. The van der Waals surface area contributed by atoms with Crippen LogP contribution in [-0.4, -0.2) is 34.2 Å². The zero-order valence-electron chi connectivity index (χ0n) is 20.0. The number of aryl methyl sites for hydroxylation is 3. The molecule has 0 amide bonds. The maximum absolute atomic E-state index is 13.8. The van der Waals surface area contributed by atoms with E-state index in [-0.39, 0.29) is 23.7 Å². The minimum Gasteiger partial charge on any atom is -0.463 e. The molecule has 0 spiro atoms. The van der Waals surface area contributed by atoms with Gasteiger partial charge in [0.2, 0.25) is 11.7 Å². The second kappa shape index (κ2) is 8.48. The first-order chi connectivity index (χ1) is 14.5. The molecule has 1 atom stereocenters. The smallest absolute Gasteiger partial charge is 0.347 e. The quantitative estimate of drug-likeness (QED) is 0.502. The van der Waals surface area contributed by atoms with Gasteiger partial charge in [-0.1, -0.05) is 13.8 Å². The number of ketones is 1. The van der Waals surface area contributed by atoms with Gasteiger partial charge in [-0.15, -0.1) is 0 Å². The van der Waals surface area contributed by atoms with Crippen LogP contribution < -0.4 is 4.74 Å². The van der Waals surface area contributed by atoms with Crippen LogP contribution in [0.15, 0.2) is 6.07 Å². The summed E-state index contributed by atoms with van der Waals surface area (Å²) in [5.74, 6) is -0.305. The van der Waals surface area contributed by atoms with E-state index in [0.717, 1.165) is 24.0 Å². The first-order valence-electron chi connectivity index (χ1n) is 11.0. The number of ether oxygens (including phenoxy) is 2. The SMILES string of the molecule is CCOC(=O)C(C)Oc1c(C(=O)c2cc(C)c3c(c2C)C(C)(C)CCC3)c(C)nn1C. The molecular weight excluding hydrogens is 392 g/mol. The van der Waals surface area contributed by atoms with Crippen molar-refractivity contribution in [2.24, 2.45) is 7.05 Å². The van der Waals surface area contributed by atoms with Crippen molar-refractivity contribution in [3.8, 4) is 5.88 Å². The van der Waals surface area contributed by atoms with E-state index in [1.807, 2.05) is 13.0 Å². The molecule has 31 heavy (non-hydrogen) atoms. The van der Waals surface area contributed by atoms with Crippen molar-refractivity contribution in [2.45, 2.75) is 79.2 Å². The first kappa shape index (κ1) is 23.0. The van der Waals surface area contributed by atoms with Crippen molar-refractivity contribution >= 4 is 11.8 Å². The lowest BCUT2D eigenvalue weighted by Gasteiger charge is -2.36. The van der Waals surface area contributed by atoms with Gasteiger partial charge < -0.3 is 9.47 Å². The molecule has 0 N–H and O–H groups in total. The normalized spacial score (nSPS) is 15.9. The van der Waals surface area contributed by atoms with Gasteiger partial charge >= 0.3 is 5.97 Å². The lowest BCUT2D eigenvalue weighted by atomic mass is 9.68. The summed E-state index contributed by atoms with van der Waals surface area (Å²) < 4.78 is 12.4. The Kier molecular flexibility index (Phi) is 6.30. The van der Waals surface area contributed by atoms with Gasteiger partial charge in [0, 0.05) is 12.6 Å². The van der Waals surface area contributed by atoms with E-state index >= 15 is 0 Å². The highest BCUT2D eigenvalue weighted by molar-refractivity contribution is 6.12. The van der Waals surface area contributed by atoms with Gasteiger partial charge in [-0.3, -0.25) is 4.79 Å². The topological polar surface area (TPSA) is 70.4 Å². The molecule has 6 nitrogen and oxygen atoms in total. The van der Waals surface area contributed by atoms with E-state index in [0.29, 0.717) is 16.8 Å². The fraction of sp³-hybridized carbons (Fsp3) is 0.560. The van der Waals surface area contributed by atoms with E-state index in [2.05, 4.69) is 25.9 Å². The van der Waals surface area contributed by atoms with Crippen molar-refractivity contribution in [3.05, 3.63) is 45.1 Å². The Bertz CT molecular complexity index is 1030. The number of carbonyl (C=O) groups is 2. The lowest BCUT2D eigenvalue weighted by molar-refractivity contribution is -0.150. The molecule has 0 bridgehead atoms. The van der Waals surface area contributed by atoms with Crippen molar-refractivity contribution in [1.82, 2.24) is 9.78 Å². The third kappa shape index (κ3) is 4.12. The van der Waals surface area contributed by atoms with E-state index in [1.54, 1.807) is 27.8 Å². The molecule has 3 rings (SSSR count). The molecule has 2 aromatic rings. The molecule has 1 aromatic heterocycles. The predicted octanol–water partition coefficient (Wildman–Crippen LogP) is 4.52. The lowest BCUT2D eigenvalue weighted by Crippen LogP contribution is -2.28. The van der Waals surface area contributed by atoms with Crippen molar-refractivity contribution < 1.29 is 19.1 Å². The Balaban J connectivity index is 2.09. The summed E-state index contributed by atoms with van der Waals surface area (Å²) in [7, 11) is 1.71. The van der Waals surface area contributed by atoms with Crippen molar-refractivity contribution in [2.75, 3.05) is 6.61 Å². The predicted molar refractivity (Wildman–Crippen MR) is 120 cm³/mol. The van der Waals surface area contributed by atoms with E-state index in [4.69, 9.17) is 9.47 Å². The largest absolute Gasteiger partial charge is 0.463 e. The average molecular weight is 427 g/mol. The molecule has 1 aliphatic carbocycles. The zero-order valence-corrected chi connectivity index (χ0v) is 20.0. The highest BCUT2D eigenvalue weighted by atomic mass is 16.6. The number of rotatable bonds is 6. The second-order valence-electron chi connectivity index (χ2n) is 9.19. The average Bonchev–Trinajstić information content (AvgIpc) is 2.96. The van der Waals surface area contributed by atoms with Gasteiger partial charge in [-0.2, -0.15) is 5.10 Å². The highest BCUT2D eigenvalue weighted by Crippen LogP contribution is 2.42. The van der Waals surface area contributed by atoms with Crippen LogP contribution in [0.4, 0.5) is 0 Å². The number of hydrogen-bond donors (Lipinski definition) is 0. The Labute approximate surface area is 184 Å². The summed E-state index contributed by atoms with van der Waals surface area (Å²) in [4.78, 5) is 25.9. The van der Waals surface area contributed by atoms with Crippen molar-refractivity contribution in [3.63, 3.8) is 0 Å². The molecule has 1 unspecified atom stereocenters. The van der Waals surface area contributed by atoms with Crippen LogP contribution in [0, 0.1) is 20.8 Å². The fourth-order valence-corrected chi connectivity index (χ4v) is 4.92. The maximum atomic E-state index is 13.8. The Morgan fingerprint density at radius 3 is 2.58 bits per heavy atom. The van der Waals surface area contributed by atoms with Crippen LogP contribution in [0.5, 0.6) is 5.88 Å². The number of benzene rings is 1. The number of nitrogens with zero attached hydrogens (tertiary/aromatic N) is 2. The van der Waals surface area contributed by atoms with Gasteiger partial charge in [0.15, 0.2) is 6.10 Å². The van der Waals surface area contributed by atoms with E-state index in [1.165, 1.54) is 22.2 Å². The maximum Gasteiger partial charge on any atom is 0.347 e. The second-order valence-corrected chi connectivity index (χ2v) is 9.19. The molecule has 1 aliphatic rings. The Hall–Kier alpha value is -2.63. The molecule has 0 aliphatic heterocycles. The molecular formula is C25H34N2O4. The summed E-state index contributed by atoms with van der Waals surface area (Å²) in [6, 6.07) is 2.00. The van der Waals surface area contributed by atoms with E-state index < -0.39 is 12.1 Å². The van der Waals surface area contributed by atoms with Crippen molar-refractivity contribution in [1.29, 1.82) is 0 Å². The third-order valence-electron chi connectivity index (χ3n) is 6.37. The Morgan fingerprint density at radius 1 is 1.26 bits per heavy atom. The van der Waals surface area contributed by atoms with Gasteiger partial charge in [0.25, 0.3) is 0 Å². The standard InChI is InChI=1S/C25H34N2O4/c1-9-30-24(29)17(5)31-23-20(16(4)26-27(23)8)22(28)19-13-14(2)18-11-10-12-25(6,7)21(18)15(19)3/h13,17H,9-12H2,1-8H3. The molecule has 0 fully saturated rings. The summed E-state index contributed by atoms with van der Waals surface area (Å²) >= 11 is 0. The molecule has 0 saturated carbocycles. The van der Waals surface area contributed by atoms with Crippen LogP contribution >= 0.6 is 0 Å². The minimum atomic E-state index is -0.841. The minimum absolute atomic E-state index is 0.0282. The fourth-order valence-electron chi connectivity index (χ4n) is 4.92. The number of aromatic nitrogens is 2. The molecule has 0 radical (unpaired) electrons. The third-order valence-corrected chi connectivity index (χ3v) is 6.37. The molecule has 1 aromatic carbocycles. The van der Waals surface area contributed by atoms with Crippen LogP contribution in [0.3, 0.4) is 0 Å². The van der Waals surface area contributed by atoms with Gasteiger partial charge in [0.05, 0.1) is 12.3 Å². The molecule has 168 valence electrons. The Morgan fingerprint density at radius 2 is 1.94 bits per heavy atom. The summed E-state index contributed by atoms with van der Waals surface area (Å²) in [6.45, 7) is 14.1. The first-order valence-corrected chi connectivity index (χ1v) is 11.0. The summed E-state index contributed by atoms with van der Waals surface area (Å²) in [5, 5.41) is 4.40. The molecule has 6 heteroatoms. The van der Waals surface area contributed by atoms with Gasteiger partial charge in [-0.05, 0) is 87.6 Å². The summed E-state index contributed by atoms with van der Waals surface area (Å²) in [6.07, 6.45) is 2.48. The summed E-state index contributed by atoms with van der Waals surface area (Å²) in [5.41, 5.74) is 6.54. The highest BCUT2D eigenvalue weighted by Gasteiger charge is 2.34. The van der Waals surface area contributed by atoms with Crippen LogP contribution in [-0.2, 0) is 28.4 Å². The molecule has 1 heterocycles. The van der Waals surface area contributed by atoms with E-state index in [9.17, 15) is 9.59 Å². The van der Waals surface area contributed by atoms with Crippen LogP contribution in [0.25, 0.3) is 0 Å². The number of esters is 1. The monoisotopic (exact) mass is 426 g/mol. The van der Waals surface area contributed by atoms with Gasteiger partial charge in [-0.25, -0.2) is 9.48 Å². The van der Waals surface area contributed by atoms with Crippen LogP contribution in [0.2, 0.25) is 0 Å². The molecule has 0 saturated heterocycles. The zero-order chi connectivity index (χ0) is 23.1.